The molecule has 1 heterocycles. The molecule has 148 valence electrons. The molecule has 29 heavy (non-hydrogen) atoms. The van der Waals surface area contributed by atoms with Crippen molar-refractivity contribution >= 4 is 52.5 Å². The van der Waals surface area contributed by atoms with Crippen LogP contribution in [0.25, 0.3) is 6.08 Å². The number of benzene rings is 2. The molecule has 0 unspecified atom stereocenters. The van der Waals surface area contributed by atoms with E-state index in [1.807, 2.05) is 0 Å². The number of rotatable bonds is 6. The summed E-state index contributed by atoms with van der Waals surface area (Å²) in [5.41, 5.74) is 0.905. The second-order valence-corrected chi connectivity index (χ2v) is 6.74. The maximum atomic E-state index is 13.1. The van der Waals surface area contributed by atoms with E-state index >= 15 is 0 Å². The monoisotopic (exact) mass is 428 g/mol. The van der Waals surface area contributed by atoms with Crippen LogP contribution in [0, 0.1) is 0 Å². The molecule has 2 amide bonds. The zero-order chi connectivity index (χ0) is 21.0. The molecule has 0 spiro atoms. The number of ether oxygens (including phenoxy) is 2. The Kier molecular flexibility index (Phi) is 6.31. The summed E-state index contributed by atoms with van der Waals surface area (Å²) in [5.74, 6) is -0.287. The molecule has 0 radical (unpaired) electrons. The first-order valence-electron chi connectivity index (χ1n) is 8.54. The third-order valence-corrected chi connectivity index (χ3v) is 4.60. The van der Waals surface area contributed by atoms with Crippen molar-refractivity contribution in [3.8, 4) is 11.5 Å². The lowest BCUT2D eigenvalue weighted by atomic mass is 10.1. The Hall–Kier alpha value is -3.16. The van der Waals surface area contributed by atoms with Crippen LogP contribution in [0.15, 0.2) is 60.7 Å². The Labute approximate surface area is 178 Å². The highest BCUT2D eigenvalue weighted by atomic mass is 35.5. The van der Waals surface area contributed by atoms with Crippen molar-refractivity contribution in [2.45, 2.75) is 0 Å². The van der Waals surface area contributed by atoms with Gasteiger partial charge in [-0.2, -0.15) is 0 Å². The van der Waals surface area contributed by atoms with E-state index < -0.39 is 11.8 Å². The van der Waals surface area contributed by atoms with Gasteiger partial charge >= 0.3 is 0 Å². The molecule has 3 rings (SSSR count). The molecular weight excluding hydrogens is 412 g/mol. The van der Waals surface area contributed by atoms with Gasteiger partial charge in [0.15, 0.2) is 16.6 Å². The predicted molar refractivity (Wildman–Crippen MR) is 116 cm³/mol. The van der Waals surface area contributed by atoms with Crippen LogP contribution < -0.4 is 19.7 Å². The van der Waals surface area contributed by atoms with Crippen LogP contribution in [0.4, 0.5) is 5.69 Å². The molecule has 0 aromatic heterocycles. The first-order valence-corrected chi connectivity index (χ1v) is 9.32. The Balaban J connectivity index is 2.05. The fourth-order valence-corrected chi connectivity index (χ4v) is 3.15. The second kappa shape index (κ2) is 8.89. The molecule has 0 atom stereocenters. The molecule has 8 heteroatoms. The molecule has 1 saturated heterocycles. The molecule has 6 nitrogen and oxygen atoms in total. The summed E-state index contributed by atoms with van der Waals surface area (Å²) in [6.45, 7) is 3.86. The van der Waals surface area contributed by atoms with E-state index in [0.717, 1.165) is 0 Å². The molecule has 1 N–H and O–H groups in total. The molecule has 2 aromatic rings. The standard InChI is InChI=1S/C21H17ClN2O4S/c1-3-11-28-18-13(5-4-6-17(18)27-2)12-16-19(25)23-21(29)24(20(16)26)15-9-7-14(22)8-10-15/h3-10,12H,1,11H2,2H3,(H,23,25,29)/b16-12-. The number of methoxy groups -OCH3 is 1. The number of halogens is 1. The lowest BCUT2D eigenvalue weighted by Gasteiger charge is -2.29. The highest BCUT2D eigenvalue weighted by molar-refractivity contribution is 7.80. The molecular formula is C21H17ClN2O4S. The van der Waals surface area contributed by atoms with Gasteiger partial charge in [-0.15, -0.1) is 0 Å². The molecule has 2 aromatic carbocycles. The van der Waals surface area contributed by atoms with Gasteiger partial charge in [0.25, 0.3) is 11.8 Å². The minimum absolute atomic E-state index is 0.00625. The number of hydrogen-bond acceptors (Lipinski definition) is 5. The van der Waals surface area contributed by atoms with Gasteiger partial charge in [-0.05, 0) is 48.6 Å². The van der Waals surface area contributed by atoms with Crippen LogP contribution in [0.2, 0.25) is 5.02 Å². The number of nitrogens with one attached hydrogen (secondary N) is 1. The van der Waals surface area contributed by atoms with E-state index in [2.05, 4.69) is 11.9 Å². The third-order valence-electron chi connectivity index (χ3n) is 4.06. The zero-order valence-electron chi connectivity index (χ0n) is 15.5. The van der Waals surface area contributed by atoms with E-state index in [9.17, 15) is 9.59 Å². The summed E-state index contributed by atoms with van der Waals surface area (Å²) in [5, 5.41) is 3.05. The number of nitrogens with zero attached hydrogens (tertiary/aromatic N) is 1. The largest absolute Gasteiger partial charge is 0.493 e. The quantitative estimate of drug-likeness (QED) is 0.328. The number of carbonyl (C=O) groups excluding carboxylic acids is 2. The van der Waals surface area contributed by atoms with E-state index in [4.69, 9.17) is 33.3 Å². The number of carbonyl (C=O) groups is 2. The highest BCUT2D eigenvalue weighted by Crippen LogP contribution is 2.33. The Morgan fingerprint density at radius 3 is 2.59 bits per heavy atom. The summed E-state index contributed by atoms with van der Waals surface area (Å²) in [4.78, 5) is 26.8. The van der Waals surface area contributed by atoms with Crippen LogP contribution in [-0.4, -0.2) is 30.6 Å². The second-order valence-electron chi connectivity index (χ2n) is 5.91. The van der Waals surface area contributed by atoms with Crippen LogP contribution in [-0.2, 0) is 9.59 Å². The van der Waals surface area contributed by atoms with Gasteiger partial charge in [0, 0.05) is 10.6 Å². The van der Waals surface area contributed by atoms with Crippen molar-refractivity contribution in [3.63, 3.8) is 0 Å². The van der Waals surface area contributed by atoms with Crippen LogP contribution in [0.1, 0.15) is 5.56 Å². The normalized spacial score (nSPS) is 15.3. The Morgan fingerprint density at radius 2 is 1.93 bits per heavy atom. The van der Waals surface area contributed by atoms with Gasteiger partial charge in [0.05, 0.1) is 12.8 Å². The van der Waals surface area contributed by atoms with Gasteiger partial charge in [-0.3, -0.25) is 19.8 Å². The van der Waals surface area contributed by atoms with Gasteiger partial charge in [0.2, 0.25) is 0 Å². The number of para-hydroxylation sites is 1. The minimum atomic E-state index is -0.595. The van der Waals surface area contributed by atoms with Gasteiger partial charge in [-0.25, -0.2) is 0 Å². The molecule has 0 bridgehead atoms. The number of anilines is 1. The van der Waals surface area contributed by atoms with E-state index in [-0.39, 0.29) is 17.3 Å². The highest BCUT2D eigenvalue weighted by Gasteiger charge is 2.34. The van der Waals surface area contributed by atoms with E-state index in [1.54, 1.807) is 48.5 Å². The number of hydrogen-bond donors (Lipinski definition) is 1. The molecule has 0 aliphatic carbocycles. The average molecular weight is 429 g/mol. The number of thiocarbonyl (C=S) groups is 1. The fourth-order valence-electron chi connectivity index (χ4n) is 2.74. The van der Waals surface area contributed by atoms with Crippen LogP contribution in [0.5, 0.6) is 11.5 Å². The summed E-state index contributed by atoms with van der Waals surface area (Å²) < 4.78 is 11.0. The van der Waals surface area contributed by atoms with Gasteiger partial charge < -0.3 is 9.47 Å². The van der Waals surface area contributed by atoms with Gasteiger partial charge in [-0.1, -0.05) is 36.4 Å². The predicted octanol–water partition coefficient (Wildman–Crippen LogP) is 3.74. The summed E-state index contributed by atoms with van der Waals surface area (Å²) in [6.07, 6.45) is 3.03. The minimum Gasteiger partial charge on any atom is -0.493 e. The van der Waals surface area contributed by atoms with E-state index in [0.29, 0.717) is 27.8 Å². The van der Waals surface area contributed by atoms with Crippen molar-refractivity contribution in [1.82, 2.24) is 5.32 Å². The SMILES string of the molecule is C=CCOc1c(/C=C2/C(=O)NC(=S)N(c3ccc(Cl)cc3)C2=O)cccc1OC. The van der Waals surface area contributed by atoms with Crippen molar-refractivity contribution < 1.29 is 19.1 Å². The average Bonchev–Trinajstić information content (AvgIpc) is 2.71. The van der Waals surface area contributed by atoms with Crippen molar-refractivity contribution in [3.05, 3.63) is 71.3 Å². The first-order chi connectivity index (χ1) is 14.0. The fraction of sp³-hybridized carbons (Fsp3) is 0.0952. The first kappa shape index (κ1) is 20.6. The van der Waals surface area contributed by atoms with Crippen molar-refractivity contribution in [2.24, 2.45) is 0 Å². The lowest BCUT2D eigenvalue weighted by molar-refractivity contribution is -0.122. The molecule has 1 aliphatic heterocycles. The molecule has 0 saturated carbocycles. The van der Waals surface area contributed by atoms with Crippen molar-refractivity contribution in [2.75, 3.05) is 18.6 Å². The lowest BCUT2D eigenvalue weighted by Crippen LogP contribution is -2.54. The summed E-state index contributed by atoms with van der Waals surface area (Å²) >= 11 is 11.1. The number of amides is 2. The topological polar surface area (TPSA) is 67.9 Å². The van der Waals surface area contributed by atoms with Crippen LogP contribution >= 0.6 is 23.8 Å². The Bertz CT molecular complexity index is 1020. The Morgan fingerprint density at radius 1 is 1.21 bits per heavy atom. The van der Waals surface area contributed by atoms with E-state index in [1.165, 1.54) is 18.1 Å². The maximum Gasteiger partial charge on any atom is 0.270 e. The zero-order valence-corrected chi connectivity index (χ0v) is 17.0. The maximum absolute atomic E-state index is 13.1. The summed E-state index contributed by atoms with van der Waals surface area (Å²) in [6, 6.07) is 11.7. The van der Waals surface area contributed by atoms with Crippen molar-refractivity contribution in [1.29, 1.82) is 0 Å². The molecule has 1 aliphatic rings. The summed E-state index contributed by atoms with van der Waals surface area (Å²) in [7, 11) is 1.51. The van der Waals surface area contributed by atoms with Gasteiger partial charge in [0.1, 0.15) is 12.2 Å². The smallest absolute Gasteiger partial charge is 0.270 e. The molecule has 1 fully saturated rings. The van der Waals surface area contributed by atoms with Crippen LogP contribution in [0.3, 0.4) is 0 Å². The third kappa shape index (κ3) is 4.31.